The highest BCUT2D eigenvalue weighted by atomic mass is 35.5. The van der Waals surface area contributed by atoms with Crippen LogP contribution in [0.1, 0.15) is 24.5 Å². The van der Waals surface area contributed by atoms with Gasteiger partial charge in [0.25, 0.3) is 0 Å². The molecule has 0 aliphatic rings. The Labute approximate surface area is 120 Å². The van der Waals surface area contributed by atoms with Gasteiger partial charge in [-0.25, -0.2) is 0 Å². The van der Waals surface area contributed by atoms with E-state index in [-0.39, 0.29) is 0 Å². The Morgan fingerprint density at radius 2 is 1.68 bits per heavy atom. The average molecular weight is 274 g/mol. The third-order valence-corrected chi connectivity index (χ3v) is 3.68. The topological polar surface area (TPSA) is 12.0 Å². The van der Waals surface area contributed by atoms with E-state index >= 15 is 0 Å². The summed E-state index contributed by atoms with van der Waals surface area (Å²) < 4.78 is 0. The zero-order valence-electron chi connectivity index (χ0n) is 11.3. The van der Waals surface area contributed by atoms with E-state index in [0.29, 0.717) is 6.04 Å². The normalized spacial score (nSPS) is 12.3. The van der Waals surface area contributed by atoms with Gasteiger partial charge in [0.05, 0.1) is 0 Å². The highest BCUT2D eigenvalue weighted by Crippen LogP contribution is 2.15. The van der Waals surface area contributed by atoms with E-state index in [0.717, 1.165) is 30.0 Å². The molecule has 0 aliphatic carbocycles. The Balaban J connectivity index is 1.76. The van der Waals surface area contributed by atoms with Gasteiger partial charge in [-0.15, -0.1) is 0 Å². The van der Waals surface area contributed by atoms with Crippen LogP contribution in [-0.4, -0.2) is 6.04 Å². The highest BCUT2D eigenvalue weighted by Gasteiger charge is 2.04. The van der Waals surface area contributed by atoms with Crippen molar-refractivity contribution in [2.75, 3.05) is 0 Å². The molecule has 1 N–H and O–H groups in total. The lowest BCUT2D eigenvalue weighted by molar-refractivity contribution is 0.514. The van der Waals surface area contributed by atoms with Crippen LogP contribution in [0, 0.1) is 0 Å². The summed E-state index contributed by atoms with van der Waals surface area (Å²) in [6, 6.07) is 19.1. The molecule has 0 saturated carbocycles. The molecule has 100 valence electrons. The molecule has 0 radical (unpaired) electrons. The maximum Gasteiger partial charge on any atom is 0.0450 e. The summed E-state index contributed by atoms with van der Waals surface area (Å²) in [5.74, 6) is 0. The van der Waals surface area contributed by atoms with Crippen molar-refractivity contribution in [1.82, 2.24) is 5.32 Å². The number of nitrogens with one attached hydrogen (secondary N) is 1. The zero-order chi connectivity index (χ0) is 13.5. The molecule has 0 aromatic heterocycles. The number of hydrogen-bond donors (Lipinski definition) is 1. The molecular formula is C17H20ClN. The molecule has 0 saturated heterocycles. The molecule has 2 heteroatoms. The lowest BCUT2D eigenvalue weighted by atomic mass is 10.1. The fourth-order valence-corrected chi connectivity index (χ4v) is 2.26. The van der Waals surface area contributed by atoms with Crippen molar-refractivity contribution in [3.63, 3.8) is 0 Å². The minimum Gasteiger partial charge on any atom is -0.310 e. The first-order valence-corrected chi connectivity index (χ1v) is 7.14. The molecule has 0 bridgehead atoms. The molecule has 2 aromatic rings. The van der Waals surface area contributed by atoms with E-state index in [1.807, 2.05) is 18.2 Å². The Hall–Kier alpha value is -1.31. The first-order valence-electron chi connectivity index (χ1n) is 6.76. The third kappa shape index (κ3) is 4.70. The number of rotatable bonds is 6. The van der Waals surface area contributed by atoms with Crippen molar-refractivity contribution < 1.29 is 0 Å². The van der Waals surface area contributed by atoms with E-state index in [1.54, 1.807) is 0 Å². The second-order valence-corrected chi connectivity index (χ2v) is 5.30. The molecule has 2 rings (SSSR count). The van der Waals surface area contributed by atoms with Crippen molar-refractivity contribution >= 4 is 11.6 Å². The van der Waals surface area contributed by atoms with Crippen LogP contribution >= 0.6 is 11.6 Å². The Bertz CT molecular complexity index is 496. The minimum atomic E-state index is 0.483. The fraction of sp³-hybridized carbons (Fsp3) is 0.294. The summed E-state index contributed by atoms with van der Waals surface area (Å²) in [5, 5.41) is 4.36. The van der Waals surface area contributed by atoms with Crippen LogP contribution in [0.25, 0.3) is 0 Å². The molecule has 1 nitrogen and oxygen atoms in total. The maximum atomic E-state index is 6.14. The van der Waals surface area contributed by atoms with E-state index in [9.17, 15) is 0 Å². The van der Waals surface area contributed by atoms with E-state index in [4.69, 9.17) is 11.6 Å². The van der Waals surface area contributed by atoms with Crippen LogP contribution in [0.4, 0.5) is 0 Å². The van der Waals surface area contributed by atoms with Gasteiger partial charge >= 0.3 is 0 Å². The maximum absolute atomic E-state index is 6.14. The lowest BCUT2D eigenvalue weighted by Gasteiger charge is -2.14. The van der Waals surface area contributed by atoms with Crippen molar-refractivity contribution in [1.29, 1.82) is 0 Å². The number of halogens is 1. The summed E-state index contributed by atoms with van der Waals surface area (Å²) in [7, 11) is 0. The number of hydrogen-bond acceptors (Lipinski definition) is 1. The van der Waals surface area contributed by atoms with Gasteiger partial charge in [0, 0.05) is 17.6 Å². The van der Waals surface area contributed by atoms with Crippen LogP contribution in [0.3, 0.4) is 0 Å². The first kappa shape index (κ1) is 14.1. The molecule has 0 aliphatic heterocycles. The van der Waals surface area contributed by atoms with Gasteiger partial charge in [-0.3, -0.25) is 0 Å². The monoisotopic (exact) mass is 273 g/mol. The minimum absolute atomic E-state index is 0.483. The molecule has 2 aromatic carbocycles. The number of aryl methyl sites for hydroxylation is 1. The van der Waals surface area contributed by atoms with Gasteiger partial charge < -0.3 is 5.32 Å². The van der Waals surface area contributed by atoms with E-state index < -0.39 is 0 Å². The van der Waals surface area contributed by atoms with Crippen molar-refractivity contribution in [3.8, 4) is 0 Å². The summed E-state index contributed by atoms with van der Waals surface area (Å²) in [6.45, 7) is 3.05. The molecule has 0 fully saturated rings. The van der Waals surface area contributed by atoms with Crippen molar-refractivity contribution in [3.05, 3.63) is 70.7 Å². The van der Waals surface area contributed by atoms with Gasteiger partial charge in [-0.05, 0) is 37.0 Å². The molecule has 19 heavy (non-hydrogen) atoms. The summed E-state index contributed by atoms with van der Waals surface area (Å²) in [4.78, 5) is 0. The second-order valence-electron chi connectivity index (χ2n) is 4.90. The Morgan fingerprint density at radius 3 is 2.42 bits per heavy atom. The summed E-state index contributed by atoms with van der Waals surface area (Å²) in [6.07, 6.45) is 2.24. The molecular weight excluding hydrogens is 254 g/mol. The third-order valence-electron chi connectivity index (χ3n) is 3.31. The van der Waals surface area contributed by atoms with Crippen LogP contribution in [0.2, 0.25) is 5.02 Å². The SMILES string of the molecule is C[C@@H](CCc1ccccc1)NCc1ccccc1Cl. The van der Waals surface area contributed by atoms with Crippen molar-refractivity contribution in [2.24, 2.45) is 0 Å². The fourth-order valence-electron chi connectivity index (χ4n) is 2.06. The quantitative estimate of drug-likeness (QED) is 0.820. The molecule has 0 amide bonds. The van der Waals surface area contributed by atoms with E-state index in [2.05, 4.69) is 48.6 Å². The van der Waals surface area contributed by atoms with Crippen LogP contribution < -0.4 is 5.32 Å². The van der Waals surface area contributed by atoms with Crippen LogP contribution in [-0.2, 0) is 13.0 Å². The molecule has 0 unspecified atom stereocenters. The Kier molecular flexibility index (Phi) is 5.44. The van der Waals surface area contributed by atoms with E-state index in [1.165, 1.54) is 5.56 Å². The largest absolute Gasteiger partial charge is 0.310 e. The molecule has 0 spiro atoms. The molecule has 1 atom stereocenters. The smallest absolute Gasteiger partial charge is 0.0450 e. The number of benzene rings is 2. The van der Waals surface area contributed by atoms with Crippen LogP contribution in [0.5, 0.6) is 0 Å². The summed E-state index contributed by atoms with van der Waals surface area (Å²) in [5.41, 5.74) is 2.56. The average Bonchev–Trinajstić information content (AvgIpc) is 2.45. The second kappa shape index (κ2) is 7.32. The van der Waals surface area contributed by atoms with Gasteiger partial charge in [-0.1, -0.05) is 60.1 Å². The van der Waals surface area contributed by atoms with Gasteiger partial charge in [0.2, 0.25) is 0 Å². The highest BCUT2D eigenvalue weighted by molar-refractivity contribution is 6.31. The standard InChI is InChI=1S/C17H20ClN/c1-14(11-12-15-7-3-2-4-8-15)19-13-16-9-5-6-10-17(16)18/h2-10,14,19H,11-13H2,1H3/t14-/m0/s1. The predicted octanol–water partition coefficient (Wildman–Crippen LogP) is 4.45. The van der Waals surface area contributed by atoms with Gasteiger partial charge in [0.15, 0.2) is 0 Å². The van der Waals surface area contributed by atoms with Gasteiger partial charge in [0.1, 0.15) is 0 Å². The lowest BCUT2D eigenvalue weighted by Crippen LogP contribution is -2.26. The summed E-state index contributed by atoms with van der Waals surface area (Å²) >= 11 is 6.14. The van der Waals surface area contributed by atoms with Crippen LogP contribution in [0.15, 0.2) is 54.6 Å². The molecule has 0 heterocycles. The van der Waals surface area contributed by atoms with Gasteiger partial charge in [-0.2, -0.15) is 0 Å². The Morgan fingerprint density at radius 1 is 1.00 bits per heavy atom. The van der Waals surface area contributed by atoms with Crippen molar-refractivity contribution in [2.45, 2.75) is 32.4 Å². The predicted molar refractivity (Wildman–Crippen MR) is 82.5 cm³/mol. The zero-order valence-corrected chi connectivity index (χ0v) is 12.0. The first-order chi connectivity index (χ1) is 9.25.